The quantitative estimate of drug-likeness (QED) is 0.562. The van der Waals surface area contributed by atoms with E-state index in [0.717, 1.165) is 59.1 Å². The fraction of sp³-hybridized carbons (Fsp3) is 0.444. The second kappa shape index (κ2) is 10.0. The molecule has 1 aromatic carbocycles. The van der Waals surface area contributed by atoms with Crippen molar-refractivity contribution in [2.75, 3.05) is 11.6 Å². The van der Waals surface area contributed by atoms with E-state index in [1.165, 1.54) is 5.06 Å². The number of hydroxylamine groups is 1. The lowest BCUT2D eigenvalue weighted by molar-refractivity contribution is -0.0116. The minimum absolute atomic E-state index is 0.194. The molecule has 8 nitrogen and oxygen atoms in total. The first-order valence-corrected chi connectivity index (χ1v) is 12.7. The lowest BCUT2D eigenvalue weighted by Gasteiger charge is -2.29. The highest BCUT2D eigenvalue weighted by atomic mass is 35.5. The molecule has 1 aromatic heterocycles. The number of benzene rings is 1. The highest BCUT2D eigenvalue weighted by Crippen LogP contribution is 2.35. The topological polar surface area (TPSA) is 88.5 Å². The van der Waals surface area contributed by atoms with E-state index in [2.05, 4.69) is 15.2 Å². The Hall–Kier alpha value is -3.26. The highest BCUT2D eigenvalue weighted by molar-refractivity contribution is 6.34. The molecule has 2 aromatic rings. The van der Waals surface area contributed by atoms with Gasteiger partial charge in [0.25, 0.3) is 0 Å². The predicted molar refractivity (Wildman–Crippen MR) is 138 cm³/mol. The number of halogens is 1. The van der Waals surface area contributed by atoms with E-state index in [9.17, 15) is 4.79 Å². The molecule has 0 radical (unpaired) electrons. The number of carbonyl (C=O) groups excluding carboxylic acids is 1. The number of hydrogen-bond donors (Lipinski definition) is 1. The molecule has 0 bridgehead atoms. The van der Waals surface area contributed by atoms with Crippen molar-refractivity contribution < 1.29 is 19.1 Å². The molecule has 36 heavy (non-hydrogen) atoms. The minimum Gasteiger partial charge on any atom is -0.490 e. The molecule has 1 fully saturated rings. The number of nitrogens with one attached hydrogen (secondary N) is 1. The summed E-state index contributed by atoms with van der Waals surface area (Å²) in [5.74, 6) is 1.17. The van der Waals surface area contributed by atoms with Gasteiger partial charge in [-0.2, -0.15) is 15.3 Å². The van der Waals surface area contributed by atoms with E-state index in [-0.39, 0.29) is 12.0 Å². The van der Waals surface area contributed by atoms with Crippen molar-refractivity contribution in [3.05, 3.63) is 57.7 Å². The number of aromatic amines is 1. The van der Waals surface area contributed by atoms with Crippen molar-refractivity contribution in [1.82, 2.24) is 4.98 Å². The van der Waals surface area contributed by atoms with Crippen LogP contribution in [-0.2, 0) is 16.1 Å². The van der Waals surface area contributed by atoms with Gasteiger partial charge in [-0.15, -0.1) is 0 Å². The standard InChI is InChI=1S/C27H31ClN4O4/c1-27(2,3)35-26(33)36-32-14-13-18(28)15-22-25(32)21-16-29-31-23(24(21)30-22)17-9-11-20(12-10-17)34-19-7-5-4-6-8-19/h4-8,13,15,17,20,30H,9-12,14,16H2,1-3H3/t17-,20-. The summed E-state index contributed by atoms with van der Waals surface area (Å²) in [4.78, 5) is 21.6. The lowest BCUT2D eigenvalue weighted by atomic mass is 9.84. The Labute approximate surface area is 215 Å². The van der Waals surface area contributed by atoms with Crippen LogP contribution in [-0.4, -0.2) is 29.4 Å². The number of H-pyrrole nitrogens is 1. The summed E-state index contributed by atoms with van der Waals surface area (Å²) in [6, 6.07) is 9.96. The van der Waals surface area contributed by atoms with Crippen molar-refractivity contribution in [3.8, 4) is 5.75 Å². The first-order chi connectivity index (χ1) is 17.3. The number of nitrogens with zero attached hydrogens (tertiary/aromatic N) is 3. The molecule has 2 aliphatic heterocycles. The number of rotatable bonds is 4. The fourth-order valence-corrected chi connectivity index (χ4v) is 5.05. The number of para-hydroxylation sites is 1. The van der Waals surface area contributed by atoms with Gasteiger partial charge in [0, 0.05) is 16.5 Å². The van der Waals surface area contributed by atoms with Gasteiger partial charge in [0.2, 0.25) is 0 Å². The predicted octanol–water partition coefficient (Wildman–Crippen LogP) is 5.32. The van der Waals surface area contributed by atoms with Gasteiger partial charge in [-0.25, -0.2) is 4.79 Å². The number of allylic oxidation sites excluding steroid dienone is 1. The molecular weight excluding hydrogens is 480 g/mol. The van der Waals surface area contributed by atoms with Crippen LogP contribution in [0.2, 0.25) is 0 Å². The van der Waals surface area contributed by atoms with E-state index in [1.807, 2.05) is 36.4 Å². The van der Waals surface area contributed by atoms with Gasteiger partial charge in [0.1, 0.15) is 17.0 Å². The Balaban J connectivity index is 1.41. The average molecular weight is 511 g/mol. The SMILES string of the molecule is CC(C)(C)OC(=O)ON1CC=C(Cl)C=c2[nH]c3c(c21)CN=NC=3[C@H]1CC[C@H](Oc2ccccc2)CC1. The number of aromatic nitrogens is 1. The zero-order chi connectivity index (χ0) is 25.3. The monoisotopic (exact) mass is 510 g/mol. The van der Waals surface area contributed by atoms with Gasteiger partial charge in [-0.05, 0) is 70.7 Å². The Morgan fingerprint density at radius 1 is 1.14 bits per heavy atom. The van der Waals surface area contributed by atoms with Crippen molar-refractivity contribution in [3.63, 3.8) is 0 Å². The van der Waals surface area contributed by atoms with E-state index in [1.54, 1.807) is 26.8 Å². The van der Waals surface area contributed by atoms with Crippen LogP contribution in [0.5, 0.6) is 5.75 Å². The Morgan fingerprint density at radius 2 is 1.89 bits per heavy atom. The molecule has 1 N–H and O–H groups in total. The number of hydrogen-bond acceptors (Lipinski definition) is 7. The van der Waals surface area contributed by atoms with Crippen LogP contribution in [0.4, 0.5) is 10.5 Å². The number of anilines is 1. The smallest absolute Gasteiger partial charge is 0.490 e. The second-order valence-electron chi connectivity index (χ2n) is 10.3. The first kappa shape index (κ1) is 24.4. The maximum atomic E-state index is 12.5. The molecule has 3 aliphatic rings. The summed E-state index contributed by atoms with van der Waals surface area (Å²) in [7, 11) is 0. The van der Waals surface area contributed by atoms with Gasteiger partial charge in [-0.3, -0.25) is 0 Å². The summed E-state index contributed by atoms with van der Waals surface area (Å²) >= 11 is 6.41. The molecule has 3 heterocycles. The molecule has 190 valence electrons. The van der Waals surface area contributed by atoms with Crippen LogP contribution in [0.15, 0.2) is 51.7 Å². The molecule has 0 spiro atoms. The third-order valence-corrected chi connectivity index (χ3v) is 6.69. The largest absolute Gasteiger partial charge is 0.533 e. The van der Waals surface area contributed by atoms with E-state index in [4.69, 9.17) is 25.9 Å². The van der Waals surface area contributed by atoms with Gasteiger partial charge in [0.15, 0.2) is 0 Å². The van der Waals surface area contributed by atoms with E-state index >= 15 is 0 Å². The number of carbonyl (C=O) groups is 1. The molecule has 5 rings (SSSR count). The Kier molecular flexibility index (Phi) is 6.79. The van der Waals surface area contributed by atoms with Gasteiger partial charge in [-0.1, -0.05) is 29.8 Å². The molecule has 9 heteroatoms. The summed E-state index contributed by atoms with van der Waals surface area (Å²) in [6.07, 6.45) is 6.86. The van der Waals surface area contributed by atoms with Gasteiger partial charge in [0.05, 0.1) is 35.6 Å². The van der Waals surface area contributed by atoms with Crippen molar-refractivity contribution in [1.29, 1.82) is 0 Å². The summed E-state index contributed by atoms with van der Waals surface area (Å²) in [5.41, 5.74) is 1.95. The van der Waals surface area contributed by atoms with Gasteiger partial charge >= 0.3 is 6.16 Å². The third kappa shape index (κ3) is 5.43. The van der Waals surface area contributed by atoms with Crippen LogP contribution in [0.25, 0.3) is 11.8 Å². The Morgan fingerprint density at radius 3 is 2.61 bits per heavy atom. The molecule has 0 unspecified atom stereocenters. The van der Waals surface area contributed by atoms with Crippen LogP contribution in [0.3, 0.4) is 0 Å². The second-order valence-corrected chi connectivity index (χ2v) is 10.7. The summed E-state index contributed by atoms with van der Waals surface area (Å²) in [5, 5.41) is 12.8. The van der Waals surface area contributed by atoms with Crippen LogP contribution < -0.4 is 20.5 Å². The lowest BCUT2D eigenvalue weighted by Crippen LogP contribution is -2.34. The normalized spacial score (nSPS) is 21.5. The van der Waals surface area contributed by atoms with Gasteiger partial charge < -0.3 is 19.3 Å². The molecule has 0 atom stereocenters. The average Bonchev–Trinajstić information content (AvgIpc) is 3.12. The number of ether oxygens (including phenoxy) is 2. The summed E-state index contributed by atoms with van der Waals surface area (Å²) in [6.45, 7) is 6.07. The summed E-state index contributed by atoms with van der Waals surface area (Å²) < 4.78 is 11.6. The third-order valence-electron chi connectivity index (χ3n) is 6.43. The van der Waals surface area contributed by atoms with Crippen LogP contribution in [0.1, 0.15) is 52.0 Å². The van der Waals surface area contributed by atoms with Crippen molar-refractivity contribution in [2.24, 2.45) is 16.1 Å². The zero-order valence-electron chi connectivity index (χ0n) is 20.8. The molecule has 0 amide bonds. The minimum atomic E-state index is -0.770. The molecule has 0 saturated heterocycles. The van der Waals surface area contributed by atoms with E-state index < -0.39 is 11.8 Å². The van der Waals surface area contributed by atoms with E-state index in [0.29, 0.717) is 18.1 Å². The molecule has 1 aliphatic carbocycles. The highest BCUT2D eigenvalue weighted by Gasteiger charge is 2.31. The molecular formula is C27H31ClN4O4. The fourth-order valence-electron chi connectivity index (χ4n) is 4.88. The number of azo groups is 1. The number of fused-ring (bicyclic) bond motifs is 3. The molecule has 1 saturated carbocycles. The van der Waals surface area contributed by atoms with Crippen molar-refractivity contribution in [2.45, 2.75) is 64.7 Å². The van der Waals surface area contributed by atoms with Crippen LogP contribution in [0, 0.1) is 5.92 Å². The maximum Gasteiger partial charge on any atom is 0.533 e. The maximum absolute atomic E-state index is 12.5. The Bertz CT molecular complexity index is 1300. The zero-order valence-corrected chi connectivity index (χ0v) is 21.5. The van der Waals surface area contributed by atoms with Crippen LogP contribution >= 0.6 is 11.6 Å². The first-order valence-electron chi connectivity index (χ1n) is 12.4. The van der Waals surface area contributed by atoms with Crippen molar-refractivity contribution >= 4 is 35.2 Å².